The van der Waals surface area contributed by atoms with E-state index < -0.39 is 8.07 Å². The van der Waals surface area contributed by atoms with E-state index in [4.69, 9.17) is 5.73 Å². The molecule has 5 heteroatoms. The number of hydrogen-bond acceptors (Lipinski definition) is 4. The Labute approximate surface area is 124 Å². The van der Waals surface area contributed by atoms with E-state index in [-0.39, 0.29) is 6.04 Å². The second-order valence-electron chi connectivity index (χ2n) is 6.24. The molecule has 0 aromatic carbocycles. The molecule has 3 rings (SSSR count). The van der Waals surface area contributed by atoms with Crippen molar-refractivity contribution in [3.63, 3.8) is 0 Å². The minimum absolute atomic E-state index is 0.111. The molecule has 2 aromatic rings. The van der Waals surface area contributed by atoms with Gasteiger partial charge in [0.25, 0.3) is 0 Å². The molecule has 1 aliphatic heterocycles. The zero-order valence-electron chi connectivity index (χ0n) is 12.1. The van der Waals surface area contributed by atoms with E-state index in [1.54, 1.807) is 6.20 Å². The first-order valence-electron chi connectivity index (χ1n) is 6.82. The van der Waals surface area contributed by atoms with Gasteiger partial charge in [0.1, 0.15) is 5.84 Å². The summed E-state index contributed by atoms with van der Waals surface area (Å²) in [6.45, 7) is 7.11. The van der Waals surface area contributed by atoms with Crippen LogP contribution in [-0.4, -0.2) is 18.9 Å². The van der Waals surface area contributed by atoms with Crippen LogP contribution in [0.4, 0.5) is 0 Å². The van der Waals surface area contributed by atoms with Gasteiger partial charge in [-0.25, -0.2) is 0 Å². The van der Waals surface area contributed by atoms with E-state index in [0.29, 0.717) is 5.84 Å². The Morgan fingerprint density at radius 1 is 1.35 bits per heavy atom. The normalized spacial score (nSPS) is 18.6. The minimum Gasteiger partial charge on any atom is -0.383 e. The molecule has 0 bridgehead atoms. The van der Waals surface area contributed by atoms with E-state index in [2.05, 4.69) is 41.8 Å². The van der Waals surface area contributed by atoms with Crippen LogP contribution in [0.5, 0.6) is 0 Å². The standard InChI is InChI=1S/C15H19N3SSi/c1-20(2,3)13-8-11-7-12(10-5-4-6-17-9-10)18-15(16)14(11)19-13/h4-6,8-9,12H,7H2,1-3H3,(H2,16,18). The van der Waals surface area contributed by atoms with Crippen LogP contribution in [0.25, 0.3) is 0 Å². The van der Waals surface area contributed by atoms with Crippen molar-refractivity contribution in [1.29, 1.82) is 0 Å². The number of amidine groups is 1. The number of aromatic nitrogens is 1. The molecule has 0 fully saturated rings. The highest BCUT2D eigenvalue weighted by Gasteiger charge is 2.27. The molecule has 20 heavy (non-hydrogen) atoms. The van der Waals surface area contributed by atoms with E-state index >= 15 is 0 Å². The summed E-state index contributed by atoms with van der Waals surface area (Å²) in [5.74, 6) is 0.689. The Morgan fingerprint density at radius 2 is 2.15 bits per heavy atom. The maximum Gasteiger partial charge on any atom is 0.136 e. The molecular weight excluding hydrogens is 282 g/mol. The van der Waals surface area contributed by atoms with Gasteiger partial charge in [-0.1, -0.05) is 25.7 Å². The number of nitrogens with two attached hydrogens (primary N) is 1. The summed E-state index contributed by atoms with van der Waals surface area (Å²) >= 11 is 1.84. The van der Waals surface area contributed by atoms with Crippen LogP contribution in [0.2, 0.25) is 19.6 Å². The van der Waals surface area contributed by atoms with Crippen molar-refractivity contribution < 1.29 is 0 Å². The smallest absolute Gasteiger partial charge is 0.136 e. The predicted molar refractivity (Wildman–Crippen MR) is 88.7 cm³/mol. The van der Waals surface area contributed by atoms with Gasteiger partial charge < -0.3 is 5.73 Å². The van der Waals surface area contributed by atoms with E-state index in [1.807, 2.05) is 23.6 Å². The molecule has 1 atom stereocenters. The van der Waals surface area contributed by atoms with Gasteiger partial charge in [0.05, 0.1) is 19.0 Å². The third-order valence-corrected chi connectivity index (χ3v) is 8.34. The molecule has 0 amide bonds. The fraction of sp³-hybridized carbons (Fsp3) is 0.333. The van der Waals surface area contributed by atoms with Crippen molar-refractivity contribution >= 4 is 29.7 Å². The summed E-state index contributed by atoms with van der Waals surface area (Å²) in [5.41, 5.74) is 8.68. The molecule has 1 aliphatic rings. The average molecular weight is 301 g/mol. The summed E-state index contributed by atoms with van der Waals surface area (Å²) in [6, 6.07) is 6.50. The van der Waals surface area contributed by atoms with Crippen molar-refractivity contribution in [2.75, 3.05) is 0 Å². The fourth-order valence-corrected chi connectivity index (χ4v) is 5.40. The molecule has 0 spiro atoms. The molecular formula is C15H19N3SSi. The topological polar surface area (TPSA) is 51.3 Å². The van der Waals surface area contributed by atoms with Gasteiger partial charge >= 0.3 is 0 Å². The number of nitrogens with zero attached hydrogens (tertiary/aromatic N) is 2. The van der Waals surface area contributed by atoms with Crippen LogP contribution in [0.15, 0.2) is 35.6 Å². The Bertz CT molecular complexity index is 656. The third kappa shape index (κ3) is 2.43. The first-order valence-corrected chi connectivity index (χ1v) is 11.1. The maximum absolute atomic E-state index is 6.19. The van der Waals surface area contributed by atoms with Gasteiger partial charge in [-0.05, 0) is 27.8 Å². The third-order valence-electron chi connectivity index (χ3n) is 3.56. The molecule has 2 aromatic heterocycles. The minimum atomic E-state index is -1.28. The molecule has 104 valence electrons. The Balaban J connectivity index is 1.98. The van der Waals surface area contributed by atoms with Gasteiger partial charge in [-0.3, -0.25) is 9.98 Å². The lowest BCUT2D eigenvalue weighted by Crippen LogP contribution is -2.34. The number of hydrogen-bond donors (Lipinski definition) is 1. The number of fused-ring (bicyclic) bond motifs is 1. The Morgan fingerprint density at radius 3 is 2.80 bits per heavy atom. The van der Waals surface area contributed by atoms with Crippen molar-refractivity contribution in [3.05, 3.63) is 46.6 Å². The maximum atomic E-state index is 6.19. The molecule has 2 N–H and O–H groups in total. The Kier molecular flexibility index (Phi) is 3.26. The van der Waals surface area contributed by atoms with Crippen LogP contribution in [-0.2, 0) is 6.42 Å². The van der Waals surface area contributed by atoms with Crippen molar-refractivity contribution in [3.8, 4) is 0 Å². The number of pyridine rings is 1. The van der Waals surface area contributed by atoms with E-state index in [0.717, 1.165) is 12.0 Å². The first kappa shape index (κ1) is 13.5. The molecule has 0 saturated carbocycles. The lowest BCUT2D eigenvalue weighted by molar-refractivity contribution is 0.710. The average Bonchev–Trinajstić information content (AvgIpc) is 2.84. The lowest BCUT2D eigenvalue weighted by Gasteiger charge is -2.18. The SMILES string of the molecule is C[Si](C)(C)c1cc2c(s1)C(N)=NC(c1cccnc1)C2. The zero-order chi connectivity index (χ0) is 14.3. The first-order chi connectivity index (χ1) is 9.45. The number of rotatable bonds is 2. The van der Waals surface area contributed by atoms with Crippen LogP contribution >= 0.6 is 11.3 Å². The Hall–Kier alpha value is -1.46. The fourth-order valence-electron chi connectivity index (χ4n) is 2.41. The van der Waals surface area contributed by atoms with Gasteiger partial charge in [-0.2, -0.15) is 0 Å². The molecule has 0 aliphatic carbocycles. The van der Waals surface area contributed by atoms with Crippen molar-refractivity contribution in [1.82, 2.24) is 4.98 Å². The largest absolute Gasteiger partial charge is 0.383 e. The molecule has 1 unspecified atom stereocenters. The summed E-state index contributed by atoms with van der Waals surface area (Å²) in [4.78, 5) is 10.0. The quantitative estimate of drug-likeness (QED) is 0.867. The summed E-state index contributed by atoms with van der Waals surface area (Å²) in [6.07, 6.45) is 4.61. The van der Waals surface area contributed by atoms with Gasteiger partial charge in [-0.15, -0.1) is 11.3 Å². The highest BCUT2D eigenvalue weighted by molar-refractivity contribution is 7.27. The lowest BCUT2D eigenvalue weighted by atomic mass is 9.98. The molecule has 0 radical (unpaired) electrons. The van der Waals surface area contributed by atoms with Gasteiger partial charge in [0.15, 0.2) is 0 Å². The predicted octanol–water partition coefficient (Wildman–Crippen LogP) is 2.69. The number of aliphatic imine (C=N–C) groups is 1. The monoisotopic (exact) mass is 301 g/mol. The molecule has 3 heterocycles. The van der Waals surface area contributed by atoms with Crippen LogP contribution in [0.3, 0.4) is 0 Å². The zero-order valence-corrected chi connectivity index (χ0v) is 13.9. The second kappa shape index (κ2) is 4.82. The van der Waals surface area contributed by atoms with Gasteiger partial charge in [0, 0.05) is 18.8 Å². The summed E-state index contributed by atoms with van der Waals surface area (Å²) in [7, 11) is -1.28. The summed E-state index contributed by atoms with van der Waals surface area (Å²) in [5, 5.41) is 0. The van der Waals surface area contributed by atoms with Crippen LogP contribution < -0.4 is 10.2 Å². The van der Waals surface area contributed by atoms with Gasteiger partial charge in [0.2, 0.25) is 0 Å². The molecule has 0 saturated heterocycles. The summed E-state index contributed by atoms with van der Waals surface area (Å²) < 4.78 is 1.51. The van der Waals surface area contributed by atoms with Crippen LogP contribution in [0.1, 0.15) is 22.0 Å². The highest BCUT2D eigenvalue weighted by Crippen LogP contribution is 2.31. The van der Waals surface area contributed by atoms with E-state index in [9.17, 15) is 0 Å². The van der Waals surface area contributed by atoms with Crippen molar-refractivity contribution in [2.45, 2.75) is 32.1 Å². The molecule has 3 nitrogen and oxygen atoms in total. The van der Waals surface area contributed by atoms with Crippen molar-refractivity contribution in [2.24, 2.45) is 10.7 Å². The second-order valence-corrected chi connectivity index (χ2v) is 12.7. The number of thiophene rings is 1. The van der Waals surface area contributed by atoms with Crippen LogP contribution in [0, 0.1) is 0 Å². The highest BCUT2D eigenvalue weighted by atomic mass is 32.1. The van der Waals surface area contributed by atoms with E-state index in [1.165, 1.54) is 14.9 Å².